The van der Waals surface area contributed by atoms with Gasteiger partial charge in [0.1, 0.15) is 11.4 Å². The normalized spacial score (nSPS) is 11.0. The number of halogens is 1. The molecule has 92 valence electrons. The molecule has 0 heterocycles. The molecule has 0 fully saturated rings. The van der Waals surface area contributed by atoms with Gasteiger partial charge in [0.2, 0.25) is 5.91 Å². The lowest BCUT2D eigenvalue weighted by Crippen LogP contribution is -2.53. The van der Waals surface area contributed by atoms with Gasteiger partial charge in [0.15, 0.2) is 0 Å². The van der Waals surface area contributed by atoms with Crippen LogP contribution >= 0.6 is 0 Å². The van der Waals surface area contributed by atoms with Crippen LogP contribution in [0.15, 0.2) is 18.2 Å². The first-order valence-electron chi connectivity index (χ1n) is 4.91. The van der Waals surface area contributed by atoms with Crippen LogP contribution in [0, 0.1) is 5.82 Å². The van der Waals surface area contributed by atoms with E-state index < -0.39 is 23.2 Å². The molecule has 1 aromatic rings. The molecule has 0 aliphatic carbocycles. The van der Waals surface area contributed by atoms with Crippen molar-refractivity contribution in [3.05, 3.63) is 29.6 Å². The third kappa shape index (κ3) is 2.93. The van der Waals surface area contributed by atoms with E-state index in [0.29, 0.717) is 0 Å². The van der Waals surface area contributed by atoms with Crippen molar-refractivity contribution in [2.24, 2.45) is 5.73 Å². The minimum absolute atomic E-state index is 0.187. The molecule has 0 spiro atoms. The lowest BCUT2D eigenvalue weighted by molar-refractivity contribution is -0.122. The molecular weight excluding hydrogens is 225 g/mol. The summed E-state index contributed by atoms with van der Waals surface area (Å²) in [5, 5.41) is 2.34. The average Bonchev–Trinajstić information content (AvgIpc) is 2.15. The van der Waals surface area contributed by atoms with Gasteiger partial charge < -0.3 is 16.8 Å². The molecule has 0 saturated carbocycles. The molecule has 0 radical (unpaired) electrons. The number of hydrogen-bond donors (Lipinski definition) is 3. The number of nitrogen functional groups attached to an aromatic ring is 1. The zero-order valence-corrected chi connectivity index (χ0v) is 9.58. The predicted molar refractivity (Wildman–Crippen MR) is 61.6 cm³/mol. The van der Waals surface area contributed by atoms with E-state index in [2.05, 4.69) is 5.32 Å². The van der Waals surface area contributed by atoms with Crippen LogP contribution in [0.1, 0.15) is 24.2 Å². The number of nitrogens with one attached hydrogen (secondary N) is 1. The van der Waals surface area contributed by atoms with Gasteiger partial charge in [-0.3, -0.25) is 9.59 Å². The lowest BCUT2D eigenvalue weighted by atomic mass is 10.0. The Labute approximate surface area is 98.0 Å². The summed E-state index contributed by atoms with van der Waals surface area (Å²) in [6.45, 7) is 2.87. The van der Waals surface area contributed by atoms with E-state index in [0.717, 1.165) is 6.07 Å². The van der Waals surface area contributed by atoms with Gasteiger partial charge in [-0.05, 0) is 32.0 Å². The van der Waals surface area contributed by atoms with Crippen molar-refractivity contribution >= 4 is 17.5 Å². The Morgan fingerprint density at radius 1 is 1.35 bits per heavy atom. The summed E-state index contributed by atoms with van der Waals surface area (Å²) >= 11 is 0. The Bertz CT molecular complexity index is 472. The van der Waals surface area contributed by atoms with Crippen LogP contribution < -0.4 is 16.8 Å². The maximum absolute atomic E-state index is 13.4. The van der Waals surface area contributed by atoms with E-state index in [1.807, 2.05) is 0 Å². The standard InChI is InChI=1S/C11H14FN3O2/c1-11(2,10(14)17)15-9(16)7-4-3-6(13)5-8(7)12/h3-5H,13H2,1-2H3,(H2,14,17)(H,15,16). The van der Waals surface area contributed by atoms with E-state index in [9.17, 15) is 14.0 Å². The summed E-state index contributed by atoms with van der Waals surface area (Å²) in [6, 6.07) is 3.68. The second kappa shape index (κ2) is 4.40. The summed E-state index contributed by atoms with van der Waals surface area (Å²) in [5.41, 5.74) is 9.23. The van der Waals surface area contributed by atoms with E-state index in [1.54, 1.807) is 0 Å². The zero-order valence-electron chi connectivity index (χ0n) is 9.58. The van der Waals surface area contributed by atoms with Gasteiger partial charge >= 0.3 is 0 Å². The van der Waals surface area contributed by atoms with Gasteiger partial charge in [-0.15, -0.1) is 0 Å². The number of carbonyl (C=O) groups is 2. The number of amides is 2. The van der Waals surface area contributed by atoms with Crippen molar-refractivity contribution < 1.29 is 14.0 Å². The van der Waals surface area contributed by atoms with E-state index in [4.69, 9.17) is 11.5 Å². The fraction of sp³-hybridized carbons (Fsp3) is 0.273. The Balaban J connectivity index is 2.95. The van der Waals surface area contributed by atoms with Crippen LogP contribution in [0.5, 0.6) is 0 Å². The first-order chi connectivity index (χ1) is 7.74. The third-order valence-corrected chi connectivity index (χ3v) is 2.28. The van der Waals surface area contributed by atoms with Crippen LogP contribution in [0.3, 0.4) is 0 Å². The van der Waals surface area contributed by atoms with Crippen LogP contribution in [-0.2, 0) is 4.79 Å². The van der Waals surface area contributed by atoms with Crippen molar-refractivity contribution in [3.8, 4) is 0 Å². The lowest BCUT2D eigenvalue weighted by Gasteiger charge is -2.22. The summed E-state index contributed by atoms with van der Waals surface area (Å²) < 4.78 is 13.4. The minimum Gasteiger partial charge on any atom is -0.399 e. The second-order valence-corrected chi connectivity index (χ2v) is 4.18. The van der Waals surface area contributed by atoms with Crippen LogP contribution in [-0.4, -0.2) is 17.4 Å². The zero-order chi connectivity index (χ0) is 13.2. The van der Waals surface area contributed by atoms with E-state index in [1.165, 1.54) is 26.0 Å². The maximum Gasteiger partial charge on any atom is 0.255 e. The van der Waals surface area contributed by atoms with E-state index >= 15 is 0 Å². The molecule has 0 aromatic heterocycles. The van der Waals surface area contributed by atoms with Crippen molar-refractivity contribution in [2.75, 3.05) is 5.73 Å². The molecule has 1 rings (SSSR count). The molecule has 5 N–H and O–H groups in total. The summed E-state index contributed by atoms with van der Waals surface area (Å²) in [4.78, 5) is 22.7. The molecule has 2 amide bonds. The number of nitrogens with two attached hydrogens (primary N) is 2. The van der Waals surface area contributed by atoms with E-state index in [-0.39, 0.29) is 11.3 Å². The fourth-order valence-electron chi connectivity index (χ4n) is 1.13. The summed E-state index contributed by atoms with van der Waals surface area (Å²) in [6.07, 6.45) is 0. The van der Waals surface area contributed by atoms with Crippen molar-refractivity contribution in [1.82, 2.24) is 5.32 Å². The Morgan fingerprint density at radius 2 is 1.94 bits per heavy atom. The third-order valence-electron chi connectivity index (χ3n) is 2.28. The highest BCUT2D eigenvalue weighted by Crippen LogP contribution is 2.13. The van der Waals surface area contributed by atoms with Gasteiger partial charge in [0.25, 0.3) is 5.91 Å². The topological polar surface area (TPSA) is 98.2 Å². The molecule has 0 saturated heterocycles. The van der Waals surface area contributed by atoms with Crippen molar-refractivity contribution in [1.29, 1.82) is 0 Å². The molecule has 1 aromatic carbocycles. The smallest absolute Gasteiger partial charge is 0.255 e. The van der Waals surface area contributed by atoms with Gasteiger partial charge in [-0.2, -0.15) is 0 Å². The van der Waals surface area contributed by atoms with Crippen molar-refractivity contribution in [3.63, 3.8) is 0 Å². The highest BCUT2D eigenvalue weighted by molar-refractivity contribution is 5.98. The van der Waals surface area contributed by atoms with Crippen LogP contribution in [0.4, 0.5) is 10.1 Å². The van der Waals surface area contributed by atoms with Gasteiger partial charge in [-0.1, -0.05) is 0 Å². The fourth-order valence-corrected chi connectivity index (χ4v) is 1.13. The maximum atomic E-state index is 13.4. The molecule has 0 aliphatic heterocycles. The number of carbonyl (C=O) groups excluding carboxylic acids is 2. The van der Waals surface area contributed by atoms with Gasteiger partial charge in [0.05, 0.1) is 5.56 Å². The number of anilines is 1. The highest BCUT2D eigenvalue weighted by atomic mass is 19.1. The van der Waals surface area contributed by atoms with Crippen LogP contribution in [0.25, 0.3) is 0 Å². The molecule has 0 atom stereocenters. The predicted octanol–water partition coefficient (Wildman–Crippen LogP) is 0.402. The number of benzene rings is 1. The van der Waals surface area contributed by atoms with Gasteiger partial charge in [0, 0.05) is 5.69 Å². The molecular formula is C11H14FN3O2. The summed E-state index contributed by atoms with van der Waals surface area (Å²) in [5.74, 6) is -2.17. The number of hydrogen-bond acceptors (Lipinski definition) is 3. The Kier molecular flexibility index (Phi) is 3.36. The molecule has 6 heteroatoms. The monoisotopic (exact) mass is 239 g/mol. The average molecular weight is 239 g/mol. The molecule has 17 heavy (non-hydrogen) atoms. The number of primary amides is 1. The Hall–Kier alpha value is -2.11. The Morgan fingerprint density at radius 3 is 2.41 bits per heavy atom. The molecule has 0 aliphatic rings. The first-order valence-corrected chi connectivity index (χ1v) is 4.91. The van der Waals surface area contributed by atoms with Gasteiger partial charge in [-0.25, -0.2) is 4.39 Å². The second-order valence-electron chi connectivity index (χ2n) is 4.18. The molecule has 0 unspecified atom stereocenters. The SMILES string of the molecule is CC(C)(NC(=O)c1ccc(N)cc1F)C(N)=O. The largest absolute Gasteiger partial charge is 0.399 e. The highest BCUT2D eigenvalue weighted by Gasteiger charge is 2.28. The molecule has 5 nitrogen and oxygen atoms in total. The van der Waals surface area contributed by atoms with Crippen molar-refractivity contribution in [2.45, 2.75) is 19.4 Å². The molecule has 0 bridgehead atoms. The quantitative estimate of drug-likeness (QED) is 0.666. The summed E-state index contributed by atoms with van der Waals surface area (Å²) in [7, 11) is 0. The number of rotatable bonds is 3. The van der Waals surface area contributed by atoms with Crippen LogP contribution in [0.2, 0.25) is 0 Å². The first kappa shape index (κ1) is 13.0. The minimum atomic E-state index is -1.25.